The Morgan fingerprint density at radius 1 is 1.04 bits per heavy atom. The molecule has 1 heterocycles. The van der Waals surface area contributed by atoms with E-state index in [1.165, 1.54) is 11.1 Å². The van der Waals surface area contributed by atoms with Gasteiger partial charge in [0.1, 0.15) is 0 Å². The quantitative estimate of drug-likeness (QED) is 0.757. The first kappa shape index (κ1) is 19.9. The number of ether oxygens (including phenoxy) is 1. The van der Waals surface area contributed by atoms with Gasteiger partial charge < -0.3 is 10.1 Å². The summed E-state index contributed by atoms with van der Waals surface area (Å²) in [4.78, 5) is 14.7. The lowest BCUT2D eigenvalue weighted by Gasteiger charge is -2.26. The van der Waals surface area contributed by atoms with Crippen LogP contribution in [0.2, 0.25) is 0 Å². The van der Waals surface area contributed by atoms with E-state index in [0.29, 0.717) is 6.54 Å². The van der Waals surface area contributed by atoms with Gasteiger partial charge in [0.15, 0.2) is 0 Å². The molecule has 1 atom stereocenters. The number of hydrogen-bond donors (Lipinski definition) is 1. The van der Waals surface area contributed by atoms with Crippen molar-refractivity contribution in [3.8, 4) is 0 Å². The van der Waals surface area contributed by atoms with Crippen LogP contribution in [0.1, 0.15) is 23.6 Å². The van der Waals surface area contributed by atoms with Crippen molar-refractivity contribution >= 4 is 17.7 Å². The van der Waals surface area contributed by atoms with E-state index in [-0.39, 0.29) is 11.2 Å². The summed E-state index contributed by atoms with van der Waals surface area (Å²) in [6, 6.07) is 18.8. The van der Waals surface area contributed by atoms with E-state index >= 15 is 0 Å². The van der Waals surface area contributed by atoms with Crippen molar-refractivity contribution < 1.29 is 9.53 Å². The second-order valence-corrected chi connectivity index (χ2v) is 8.19. The maximum absolute atomic E-state index is 12.3. The van der Waals surface area contributed by atoms with E-state index in [0.717, 1.165) is 44.2 Å². The fourth-order valence-corrected chi connectivity index (χ4v) is 3.85. The van der Waals surface area contributed by atoms with Gasteiger partial charge in [-0.1, -0.05) is 54.6 Å². The van der Waals surface area contributed by atoms with E-state index in [2.05, 4.69) is 46.6 Å². The molecule has 0 spiro atoms. The van der Waals surface area contributed by atoms with Gasteiger partial charge in [-0.2, -0.15) is 0 Å². The number of benzene rings is 2. The van der Waals surface area contributed by atoms with E-state index < -0.39 is 0 Å². The van der Waals surface area contributed by atoms with E-state index in [1.807, 2.05) is 25.1 Å². The molecule has 4 nitrogen and oxygen atoms in total. The highest BCUT2D eigenvalue weighted by atomic mass is 32.2. The van der Waals surface area contributed by atoms with Gasteiger partial charge in [-0.05, 0) is 23.6 Å². The van der Waals surface area contributed by atoms with Crippen LogP contribution in [0.3, 0.4) is 0 Å². The fourth-order valence-electron chi connectivity index (χ4n) is 2.98. The minimum Gasteiger partial charge on any atom is -0.379 e. The zero-order valence-electron chi connectivity index (χ0n) is 15.9. The number of carbonyl (C=O) groups is 1. The molecule has 2 aromatic rings. The largest absolute Gasteiger partial charge is 0.379 e. The molecule has 27 heavy (non-hydrogen) atoms. The van der Waals surface area contributed by atoms with E-state index in [1.54, 1.807) is 11.8 Å². The Balaban J connectivity index is 1.40. The van der Waals surface area contributed by atoms with Crippen LogP contribution < -0.4 is 5.32 Å². The third-order valence-electron chi connectivity index (χ3n) is 4.71. The van der Waals surface area contributed by atoms with Gasteiger partial charge in [0.25, 0.3) is 0 Å². The SMILES string of the molecule is CC(SCc1ccccc1)C(=O)NCc1ccc(CN2CCOCC2)cc1. The molecule has 1 fully saturated rings. The monoisotopic (exact) mass is 384 g/mol. The summed E-state index contributed by atoms with van der Waals surface area (Å²) in [5.41, 5.74) is 3.69. The molecule has 1 aliphatic rings. The Bertz CT molecular complexity index is 700. The second kappa shape index (κ2) is 10.5. The highest BCUT2D eigenvalue weighted by Gasteiger charge is 2.13. The molecule has 1 N–H and O–H groups in total. The molecule has 0 aromatic heterocycles. The molecule has 1 unspecified atom stereocenters. The minimum absolute atomic E-state index is 0.0641. The van der Waals surface area contributed by atoms with Crippen molar-refractivity contribution in [2.24, 2.45) is 0 Å². The van der Waals surface area contributed by atoms with Gasteiger partial charge in [-0.25, -0.2) is 0 Å². The summed E-state index contributed by atoms with van der Waals surface area (Å²) in [6.45, 7) is 7.15. The first-order valence-electron chi connectivity index (χ1n) is 9.52. The Kier molecular flexibility index (Phi) is 7.75. The fraction of sp³-hybridized carbons (Fsp3) is 0.409. The summed E-state index contributed by atoms with van der Waals surface area (Å²) in [5.74, 6) is 0.944. The van der Waals surface area contributed by atoms with Gasteiger partial charge in [0.05, 0.1) is 18.5 Å². The van der Waals surface area contributed by atoms with Crippen molar-refractivity contribution in [3.63, 3.8) is 0 Å². The van der Waals surface area contributed by atoms with Crippen molar-refractivity contribution in [3.05, 3.63) is 71.3 Å². The summed E-state index contributed by atoms with van der Waals surface area (Å²) < 4.78 is 5.39. The average molecular weight is 385 g/mol. The lowest BCUT2D eigenvalue weighted by molar-refractivity contribution is -0.120. The van der Waals surface area contributed by atoms with Crippen LogP contribution in [0, 0.1) is 0 Å². The van der Waals surface area contributed by atoms with Gasteiger partial charge >= 0.3 is 0 Å². The molecule has 1 aliphatic heterocycles. The topological polar surface area (TPSA) is 41.6 Å². The van der Waals surface area contributed by atoms with Crippen molar-refractivity contribution in [2.75, 3.05) is 26.3 Å². The number of carbonyl (C=O) groups excluding carboxylic acids is 1. The lowest BCUT2D eigenvalue weighted by Crippen LogP contribution is -2.35. The number of rotatable bonds is 8. The summed E-state index contributed by atoms with van der Waals surface area (Å²) in [7, 11) is 0. The molecule has 5 heteroatoms. The van der Waals surface area contributed by atoms with Gasteiger partial charge in [0.2, 0.25) is 5.91 Å². The number of amides is 1. The Labute approximate surface area is 166 Å². The summed E-state index contributed by atoms with van der Waals surface area (Å²) >= 11 is 1.67. The van der Waals surface area contributed by atoms with Gasteiger partial charge in [-0.3, -0.25) is 9.69 Å². The smallest absolute Gasteiger partial charge is 0.233 e. The molecular weight excluding hydrogens is 356 g/mol. The number of hydrogen-bond acceptors (Lipinski definition) is 4. The van der Waals surface area contributed by atoms with Crippen molar-refractivity contribution in [2.45, 2.75) is 31.0 Å². The predicted molar refractivity (Wildman–Crippen MR) is 112 cm³/mol. The number of morpholine rings is 1. The number of thioether (sulfide) groups is 1. The Hall–Kier alpha value is -1.82. The molecule has 3 rings (SSSR count). The zero-order valence-corrected chi connectivity index (χ0v) is 16.7. The molecule has 144 valence electrons. The van der Waals surface area contributed by atoms with Crippen LogP contribution in [0.25, 0.3) is 0 Å². The molecule has 2 aromatic carbocycles. The maximum atomic E-state index is 12.3. The standard InChI is InChI=1S/C22H28N2O2S/c1-18(27-17-21-5-3-2-4-6-21)22(25)23-15-19-7-9-20(10-8-19)16-24-11-13-26-14-12-24/h2-10,18H,11-17H2,1H3,(H,23,25). The molecule has 0 aliphatic carbocycles. The zero-order chi connectivity index (χ0) is 18.9. The number of nitrogens with one attached hydrogen (secondary N) is 1. The molecule has 1 saturated heterocycles. The predicted octanol–water partition coefficient (Wildman–Crippen LogP) is 3.46. The summed E-state index contributed by atoms with van der Waals surface area (Å²) in [6.07, 6.45) is 0. The Morgan fingerprint density at radius 3 is 2.41 bits per heavy atom. The Morgan fingerprint density at radius 2 is 1.70 bits per heavy atom. The average Bonchev–Trinajstić information content (AvgIpc) is 2.73. The maximum Gasteiger partial charge on any atom is 0.233 e. The number of nitrogens with zero attached hydrogens (tertiary/aromatic N) is 1. The van der Waals surface area contributed by atoms with Crippen LogP contribution in [0.5, 0.6) is 0 Å². The second-order valence-electron chi connectivity index (χ2n) is 6.86. The first-order valence-corrected chi connectivity index (χ1v) is 10.6. The highest BCUT2D eigenvalue weighted by molar-refractivity contribution is 7.99. The molecule has 1 amide bonds. The van der Waals surface area contributed by atoms with Crippen LogP contribution in [0.15, 0.2) is 54.6 Å². The van der Waals surface area contributed by atoms with E-state index in [4.69, 9.17) is 4.74 Å². The van der Waals surface area contributed by atoms with Gasteiger partial charge in [0, 0.05) is 31.9 Å². The van der Waals surface area contributed by atoms with Crippen molar-refractivity contribution in [1.82, 2.24) is 10.2 Å². The van der Waals surface area contributed by atoms with Crippen molar-refractivity contribution in [1.29, 1.82) is 0 Å². The lowest BCUT2D eigenvalue weighted by atomic mass is 10.1. The highest BCUT2D eigenvalue weighted by Crippen LogP contribution is 2.17. The van der Waals surface area contributed by atoms with E-state index in [9.17, 15) is 4.79 Å². The van der Waals surface area contributed by atoms with Crippen LogP contribution in [-0.4, -0.2) is 42.4 Å². The van der Waals surface area contributed by atoms with Crippen LogP contribution in [-0.2, 0) is 28.4 Å². The van der Waals surface area contributed by atoms with Gasteiger partial charge in [-0.15, -0.1) is 11.8 Å². The van der Waals surface area contributed by atoms with Crippen LogP contribution >= 0.6 is 11.8 Å². The summed E-state index contributed by atoms with van der Waals surface area (Å²) in [5, 5.41) is 2.99. The van der Waals surface area contributed by atoms with Crippen LogP contribution in [0.4, 0.5) is 0 Å². The minimum atomic E-state index is -0.0641. The molecule has 0 bridgehead atoms. The molecule has 0 radical (unpaired) electrons. The molecule has 0 saturated carbocycles. The molecular formula is C22H28N2O2S. The first-order chi connectivity index (χ1) is 13.2. The third-order valence-corrected chi connectivity index (χ3v) is 5.93. The normalized spacial score (nSPS) is 16.0. The third kappa shape index (κ3) is 6.69.